The van der Waals surface area contributed by atoms with Gasteiger partial charge >= 0.3 is 0 Å². The van der Waals surface area contributed by atoms with Gasteiger partial charge in [-0.1, -0.05) is 36.4 Å². The zero-order chi connectivity index (χ0) is 20.4. The molecule has 0 saturated carbocycles. The third kappa shape index (κ3) is 9.01. The fourth-order valence-electron chi connectivity index (χ4n) is 2.55. The second-order valence-electron chi connectivity index (χ2n) is 6.18. The van der Waals surface area contributed by atoms with Crippen LogP contribution >= 0.6 is 24.0 Å². The van der Waals surface area contributed by atoms with E-state index in [0.29, 0.717) is 19.0 Å². The predicted octanol–water partition coefficient (Wildman–Crippen LogP) is 2.62. The lowest BCUT2D eigenvalue weighted by molar-refractivity contribution is 0.414. The van der Waals surface area contributed by atoms with Crippen LogP contribution in [0.1, 0.15) is 23.6 Å². The molecule has 0 saturated heterocycles. The van der Waals surface area contributed by atoms with Crippen molar-refractivity contribution in [2.45, 2.75) is 25.8 Å². The van der Waals surface area contributed by atoms with Gasteiger partial charge in [0.1, 0.15) is 5.75 Å². The van der Waals surface area contributed by atoms with Crippen LogP contribution in [0.15, 0.2) is 53.5 Å². The summed E-state index contributed by atoms with van der Waals surface area (Å²) in [6, 6.07) is 15.3. The van der Waals surface area contributed by atoms with E-state index in [2.05, 4.69) is 20.3 Å². The molecule has 2 aromatic carbocycles. The summed E-state index contributed by atoms with van der Waals surface area (Å²) in [5.41, 5.74) is 2.80. The molecule has 29 heavy (non-hydrogen) atoms. The second-order valence-corrected chi connectivity index (χ2v) is 8.11. The summed E-state index contributed by atoms with van der Waals surface area (Å²) in [5, 5.41) is 6.51. The monoisotopic (exact) mass is 532 g/mol. The van der Waals surface area contributed by atoms with Crippen molar-refractivity contribution in [1.82, 2.24) is 15.4 Å². The van der Waals surface area contributed by atoms with Crippen LogP contribution in [0, 0.1) is 0 Å². The van der Waals surface area contributed by atoms with Gasteiger partial charge in [0.25, 0.3) is 0 Å². The van der Waals surface area contributed by atoms with Crippen molar-refractivity contribution in [3.8, 4) is 5.75 Å². The first-order valence-corrected chi connectivity index (χ1v) is 10.7. The second kappa shape index (κ2) is 12.7. The highest BCUT2D eigenvalue weighted by atomic mass is 127. The van der Waals surface area contributed by atoms with Crippen molar-refractivity contribution in [2.24, 2.45) is 4.99 Å². The molecule has 0 aromatic heterocycles. The maximum atomic E-state index is 11.7. The molecule has 0 amide bonds. The summed E-state index contributed by atoms with van der Waals surface area (Å²) in [5.74, 6) is 1.48. The summed E-state index contributed by atoms with van der Waals surface area (Å²) in [6.07, 6.45) is 0. The molecule has 7 nitrogen and oxygen atoms in total. The third-order valence-electron chi connectivity index (χ3n) is 4.04. The first-order chi connectivity index (χ1) is 13.5. The van der Waals surface area contributed by atoms with Crippen LogP contribution < -0.4 is 20.1 Å². The molecule has 2 aromatic rings. The highest BCUT2D eigenvalue weighted by molar-refractivity contribution is 14.0. The predicted molar refractivity (Wildman–Crippen MR) is 128 cm³/mol. The Hall–Kier alpha value is -1.85. The van der Waals surface area contributed by atoms with Gasteiger partial charge in [-0.2, -0.15) is 0 Å². The lowest BCUT2D eigenvalue weighted by Crippen LogP contribution is -2.36. The molecule has 0 bridgehead atoms. The number of methoxy groups -OCH3 is 1. The zero-order valence-corrected chi connectivity index (χ0v) is 20.1. The van der Waals surface area contributed by atoms with Crippen LogP contribution in [0.2, 0.25) is 0 Å². The standard InChI is InChI=1S/C20H28N4O3S.HI/c1-4-22-20(23-13-16-8-10-19(27-3)11-9-16)24-14-17-6-5-7-18(12-17)15-28(25,26)21-2;/h5-12,21H,4,13-15H2,1-3H3,(H2,22,23,24);1H. The summed E-state index contributed by atoms with van der Waals surface area (Å²) in [4.78, 5) is 4.59. The number of halogens is 1. The van der Waals surface area contributed by atoms with Crippen molar-refractivity contribution in [1.29, 1.82) is 0 Å². The Kier molecular flexibility index (Phi) is 11.0. The maximum absolute atomic E-state index is 11.7. The van der Waals surface area contributed by atoms with E-state index in [0.717, 1.165) is 29.0 Å². The number of aliphatic imine (C=N–C) groups is 1. The minimum Gasteiger partial charge on any atom is -0.497 e. The molecule has 0 aliphatic rings. The molecule has 160 valence electrons. The largest absolute Gasteiger partial charge is 0.497 e. The average Bonchev–Trinajstić information content (AvgIpc) is 2.70. The number of sulfonamides is 1. The van der Waals surface area contributed by atoms with Gasteiger partial charge in [-0.15, -0.1) is 24.0 Å². The summed E-state index contributed by atoms with van der Waals surface area (Å²) in [7, 11) is -0.230. The number of ether oxygens (including phenoxy) is 1. The Balaban J connectivity index is 0.00000420. The number of rotatable bonds is 9. The van der Waals surface area contributed by atoms with E-state index in [-0.39, 0.29) is 29.7 Å². The van der Waals surface area contributed by atoms with Gasteiger partial charge in [0.05, 0.1) is 19.4 Å². The van der Waals surface area contributed by atoms with Gasteiger partial charge in [0.2, 0.25) is 10.0 Å². The van der Waals surface area contributed by atoms with Gasteiger partial charge in [0.15, 0.2) is 5.96 Å². The fourth-order valence-corrected chi connectivity index (χ4v) is 3.31. The molecule has 0 spiro atoms. The Morgan fingerprint density at radius 2 is 1.72 bits per heavy atom. The molecule has 0 aliphatic carbocycles. The lowest BCUT2D eigenvalue weighted by atomic mass is 10.1. The molecule has 0 unspecified atom stereocenters. The van der Waals surface area contributed by atoms with Gasteiger partial charge < -0.3 is 15.4 Å². The maximum Gasteiger partial charge on any atom is 0.215 e. The minimum absolute atomic E-state index is 0. The first-order valence-electron chi connectivity index (χ1n) is 9.10. The average molecular weight is 532 g/mol. The third-order valence-corrected chi connectivity index (χ3v) is 5.38. The molecule has 0 radical (unpaired) electrons. The zero-order valence-electron chi connectivity index (χ0n) is 16.9. The van der Waals surface area contributed by atoms with Gasteiger partial charge in [-0.3, -0.25) is 0 Å². The fraction of sp³-hybridized carbons (Fsp3) is 0.350. The van der Waals surface area contributed by atoms with Crippen molar-refractivity contribution < 1.29 is 13.2 Å². The normalized spacial score (nSPS) is 11.5. The van der Waals surface area contributed by atoms with Crippen LogP contribution in [0.25, 0.3) is 0 Å². The highest BCUT2D eigenvalue weighted by Crippen LogP contribution is 2.11. The molecule has 0 aliphatic heterocycles. The van der Waals surface area contributed by atoms with E-state index in [4.69, 9.17) is 4.74 Å². The molecular weight excluding hydrogens is 503 g/mol. The smallest absolute Gasteiger partial charge is 0.215 e. The summed E-state index contributed by atoms with van der Waals surface area (Å²) >= 11 is 0. The Morgan fingerprint density at radius 3 is 2.34 bits per heavy atom. The van der Waals surface area contributed by atoms with Crippen molar-refractivity contribution in [3.05, 3.63) is 65.2 Å². The lowest BCUT2D eigenvalue weighted by Gasteiger charge is -2.12. The van der Waals surface area contributed by atoms with E-state index < -0.39 is 10.0 Å². The Morgan fingerprint density at radius 1 is 1.03 bits per heavy atom. The molecular formula is C20H29IN4O3S. The topological polar surface area (TPSA) is 91.8 Å². The van der Waals surface area contributed by atoms with Crippen LogP contribution in [0.4, 0.5) is 0 Å². The van der Waals surface area contributed by atoms with Crippen LogP contribution in [-0.4, -0.2) is 35.1 Å². The summed E-state index contributed by atoms with van der Waals surface area (Å²) < 4.78 is 31.0. The molecule has 9 heteroatoms. The quantitative estimate of drug-likeness (QED) is 0.263. The SMILES string of the molecule is CCNC(=NCc1cccc(CS(=O)(=O)NC)c1)NCc1ccc(OC)cc1.I. The Labute approximate surface area is 190 Å². The van der Waals surface area contributed by atoms with E-state index in [1.807, 2.05) is 49.4 Å². The van der Waals surface area contributed by atoms with Crippen molar-refractivity contribution >= 4 is 40.0 Å². The Bertz CT molecular complexity index is 887. The van der Waals surface area contributed by atoms with E-state index in [1.165, 1.54) is 7.05 Å². The van der Waals surface area contributed by atoms with Gasteiger partial charge in [-0.25, -0.2) is 18.1 Å². The van der Waals surface area contributed by atoms with E-state index in [1.54, 1.807) is 13.2 Å². The number of hydrogen-bond donors (Lipinski definition) is 3. The van der Waals surface area contributed by atoms with Crippen LogP contribution in [0.3, 0.4) is 0 Å². The van der Waals surface area contributed by atoms with E-state index in [9.17, 15) is 8.42 Å². The molecule has 0 fully saturated rings. The number of nitrogens with zero attached hydrogens (tertiary/aromatic N) is 1. The van der Waals surface area contributed by atoms with Gasteiger partial charge in [0, 0.05) is 13.1 Å². The molecule has 0 atom stereocenters. The number of nitrogens with one attached hydrogen (secondary N) is 3. The highest BCUT2D eigenvalue weighted by Gasteiger charge is 2.08. The van der Waals surface area contributed by atoms with Crippen LogP contribution in [-0.2, 0) is 28.9 Å². The number of guanidine groups is 1. The molecule has 0 heterocycles. The van der Waals surface area contributed by atoms with E-state index >= 15 is 0 Å². The first kappa shape index (κ1) is 25.2. The molecule has 3 N–H and O–H groups in total. The minimum atomic E-state index is -3.29. The van der Waals surface area contributed by atoms with Crippen molar-refractivity contribution in [2.75, 3.05) is 20.7 Å². The van der Waals surface area contributed by atoms with Crippen molar-refractivity contribution in [3.63, 3.8) is 0 Å². The summed E-state index contributed by atoms with van der Waals surface area (Å²) in [6.45, 7) is 3.84. The number of benzene rings is 2. The van der Waals surface area contributed by atoms with Gasteiger partial charge in [-0.05, 0) is 42.8 Å². The molecule has 2 rings (SSSR count). The van der Waals surface area contributed by atoms with Crippen LogP contribution in [0.5, 0.6) is 5.75 Å². The number of hydrogen-bond acceptors (Lipinski definition) is 4.